The number of hydrogen-bond donors (Lipinski definition) is 2. The van der Waals surface area contributed by atoms with Gasteiger partial charge in [0.15, 0.2) is 12.1 Å². The molecular weight excluding hydrogens is 602 g/mol. The predicted molar refractivity (Wildman–Crippen MR) is 196 cm³/mol. The molecule has 2 atom stereocenters. The molecule has 10 nitrogen and oxygen atoms in total. The number of aryl methyl sites for hydroxylation is 1. The topological polar surface area (TPSA) is 109 Å². The molecule has 3 aromatic rings. The zero-order chi connectivity index (χ0) is 35.2. The van der Waals surface area contributed by atoms with Crippen LogP contribution in [0.4, 0.5) is 11.4 Å². The Bertz CT molecular complexity index is 1610. The van der Waals surface area contributed by atoms with Crippen LogP contribution in [0.5, 0.6) is 5.75 Å². The number of fused-ring (bicyclic) bond motifs is 1. The van der Waals surface area contributed by atoms with Crippen LogP contribution in [0.1, 0.15) is 116 Å². The molecule has 1 aromatic heterocycles. The summed E-state index contributed by atoms with van der Waals surface area (Å²) in [4.78, 5) is 13.5. The molecule has 1 aliphatic rings. The van der Waals surface area contributed by atoms with E-state index in [1.807, 2.05) is 32.9 Å². The Labute approximate surface area is 287 Å². The van der Waals surface area contributed by atoms with Crippen LogP contribution < -0.4 is 15.0 Å². The third-order valence-electron chi connectivity index (χ3n) is 9.80. The van der Waals surface area contributed by atoms with E-state index in [9.17, 15) is 5.11 Å². The van der Waals surface area contributed by atoms with Gasteiger partial charge in [0.1, 0.15) is 18.2 Å². The summed E-state index contributed by atoms with van der Waals surface area (Å²) in [5.74, 6) is 2.24. The number of benzene rings is 2. The van der Waals surface area contributed by atoms with Gasteiger partial charge in [-0.3, -0.25) is 5.32 Å². The summed E-state index contributed by atoms with van der Waals surface area (Å²) in [6, 6.07) is 12.8. The van der Waals surface area contributed by atoms with Crippen LogP contribution in [0.15, 0.2) is 46.5 Å². The highest BCUT2D eigenvalue weighted by Gasteiger charge is 2.28. The average Bonchev–Trinajstić information content (AvgIpc) is 3.60. The Hall–Kier alpha value is -3.60. The average molecular weight is 660 g/mol. The zero-order valence-electron chi connectivity index (χ0n) is 31.0. The summed E-state index contributed by atoms with van der Waals surface area (Å²) < 4.78 is 12.4. The third kappa shape index (κ3) is 8.51. The van der Waals surface area contributed by atoms with E-state index in [2.05, 4.69) is 100 Å². The first kappa shape index (κ1) is 37.2. The quantitative estimate of drug-likeness (QED) is 0.116. The van der Waals surface area contributed by atoms with E-state index in [-0.39, 0.29) is 23.4 Å². The minimum Gasteiger partial charge on any atom is -0.465 e. The molecule has 2 aromatic carbocycles. The van der Waals surface area contributed by atoms with E-state index >= 15 is 0 Å². The second kappa shape index (κ2) is 15.7. The molecule has 0 saturated heterocycles. The molecule has 0 amide bonds. The van der Waals surface area contributed by atoms with Crippen molar-refractivity contribution in [2.45, 2.75) is 112 Å². The van der Waals surface area contributed by atoms with E-state index < -0.39 is 6.29 Å². The van der Waals surface area contributed by atoms with Gasteiger partial charge in [-0.1, -0.05) is 60.6 Å². The van der Waals surface area contributed by atoms with Gasteiger partial charge >= 0.3 is 0 Å². The van der Waals surface area contributed by atoms with Crippen molar-refractivity contribution in [3.8, 4) is 5.75 Å². The Kier molecular flexibility index (Phi) is 12.2. The number of likely N-dealkylation sites (N-methyl/N-ethyl adjacent to an activating group) is 1. The highest BCUT2D eigenvalue weighted by atomic mass is 16.7. The molecule has 2 unspecified atom stereocenters. The number of aliphatic hydroxyl groups excluding tert-OH is 1. The Morgan fingerprint density at radius 3 is 2.38 bits per heavy atom. The summed E-state index contributed by atoms with van der Waals surface area (Å²) in [6.07, 6.45) is 1.66. The van der Waals surface area contributed by atoms with Crippen LogP contribution in [0, 0.1) is 6.92 Å². The van der Waals surface area contributed by atoms with Crippen LogP contribution in [0.25, 0.3) is 0 Å². The number of nitrogens with zero attached hydrogens (tertiary/aromatic N) is 6. The molecule has 0 saturated carbocycles. The smallest absolute Gasteiger partial charge is 0.204 e. The van der Waals surface area contributed by atoms with Crippen molar-refractivity contribution in [2.24, 2.45) is 10.1 Å². The largest absolute Gasteiger partial charge is 0.465 e. The van der Waals surface area contributed by atoms with Crippen LogP contribution >= 0.6 is 0 Å². The van der Waals surface area contributed by atoms with Gasteiger partial charge in [0.2, 0.25) is 5.82 Å². The van der Waals surface area contributed by atoms with Crippen LogP contribution in [0.2, 0.25) is 0 Å². The number of nitrogens with one attached hydrogen (secondary N) is 1. The van der Waals surface area contributed by atoms with Gasteiger partial charge in [-0.2, -0.15) is 5.10 Å². The van der Waals surface area contributed by atoms with Gasteiger partial charge in [0.25, 0.3) is 0 Å². The number of anilines is 1. The second-order valence-electron chi connectivity index (χ2n) is 14.1. The van der Waals surface area contributed by atoms with Crippen molar-refractivity contribution in [1.82, 2.24) is 20.2 Å². The summed E-state index contributed by atoms with van der Waals surface area (Å²) in [5.41, 5.74) is 7.10. The van der Waals surface area contributed by atoms with Crippen molar-refractivity contribution in [3.63, 3.8) is 0 Å². The maximum atomic E-state index is 9.40. The predicted octanol–water partition coefficient (Wildman–Crippen LogP) is 7.23. The standard InChI is InChI=1S/C38H57N7O3/c1-12-37(8,9)29-15-18-33(31(22-29)38(10,11)13-2)48-28(7)47-24-39-23-26(5)35-41-36-34(27(6)42-45(36)43-35)40-32-17-16-30(21-25(32)4)44(14-3)19-20-46/h15-18,21-22,26,28,39,46H,12-14,19-20,23-24H2,1-11H3. The molecule has 48 heavy (non-hydrogen) atoms. The molecule has 10 heteroatoms. The first-order valence-electron chi connectivity index (χ1n) is 17.5. The van der Waals surface area contributed by atoms with Gasteiger partial charge in [0.05, 0.1) is 18.0 Å². The number of hydrogen-bond acceptors (Lipinski definition) is 9. The lowest BCUT2D eigenvalue weighted by Gasteiger charge is -2.31. The Balaban J connectivity index is 1.36. The molecule has 262 valence electrons. The van der Waals surface area contributed by atoms with Gasteiger partial charge in [-0.15, -0.1) is 9.89 Å². The Morgan fingerprint density at radius 2 is 1.73 bits per heavy atom. The lowest BCUT2D eigenvalue weighted by molar-refractivity contribution is -0.0742. The molecule has 0 spiro atoms. The number of rotatable bonds is 17. The third-order valence-corrected chi connectivity index (χ3v) is 9.80. The number of aliphatic hydroxyl groups is 1. The normalized spacial score (nSPS) is 15.4. The summed E-state index contributed by atoms with van der Waals surface area (Å²) in [5, 5.41) is 22.0. The van der Waals surface area contributed by atoms with E-state index in [4.69, 9.17) is 19.5 Å². The molecule has 4 rings (SSSR count). The van der Waals surface area contributed by atoms with Crippen molar-refractivity contribution < 1.29 is 14.6 Å². The molecule has 0 bridgehead atoms. The minimum absolute atomic E-state index is 0.0196. The lowest BCUT2D eigenvalue weighted by Crippen LogP contribution is -2.29. The Morgan fingerprint density at radius 1 is 1.00 bits per heavy atom. The van der Waals surface area contributed by atoms with E-state index in [0.29, 0.717) is 31.5 Å². The van der Waals surface area contributed by atoms with Crippen molar-refractivity contribution in [1.29, 1.82) is 0 Å². The van der Waals surface area contributed by atoms with E-state index in [0.717, 1.165) is 53.5 Å². The SMILES string of the molecule is CCN(CCO)c1ccc(N=C2C(C)=Nn3nc(C(C)CNCOC(C)Oc4ccc(C(C)(C)CC)cc4C(C)(C)CC)nc32)c(C)c1. The molecule has 2 N–H and O–H groups in total. The van der Waals surface area contributed by atoms with Gasteiger partial charge < -0.3 is 19.5 Å². The van der Waals surface area contributed by atoms with Gasteiger partial charge in [0, 0.05) is 36.8 Å². The monoisotopic (exact) mass is 659 g/mol. The van der Waals surface area contributed by atoms with Crippen molar-refractivity contribution >= 4 is 22.8 Å². The van der Waals surface area contributed by atoms with Crippen molar-refractivity contribution in [2.75, 3.05) is 37.9 Å². The summed E-state index contributed by atoms with van der Waals surface area (Å²) in [6.45, 7) is 26.1. The van der Waals surface area contributed by atoms with Crippen LogP contribution in [-0.2, 0) is 15.6 Å². The number of ether oxygens (including phenoxy) is 2. The van der Waals surface area contributed by atoms with Gasteiger partial charge in [-0.05, 0) is 86.8 Å². The summed E-state index contributed by atoms with van der Waals surface area (Å²) >= 11 is 0. The van der Waals surface area contributed by atoms with E-state index in [1.54, 1.807) is 4.79 Å². The minimum atomic E-state index is -0.424. The fraction of sp³-hybridized carbons (Fsp3) is 0.579. The molecule has 1 aliphatic heterocycles. The number of aliphatic imine (C=N–C) groups is 1. The first-order valence-corrected chi connectivity index (χ1v) is 17.5. The van der Waals surface area contributed by atoms with Gasteiger partial charge in [-0.25, -0.2) is 9.98 Å². The fourth-order valence-corrected chi connectivity index (χ4v) is 5.63. The molecule has 2 heterocycles. The fourth-order valence-electron chi connectivity index (χ4n) is 5.63. The molecule has 0 fully saturated rings. The van der Waals surface area contributed by atoms with E-state index in [1.165, 1.54) is 11.1 Å². The highest BCUT2D eigenvalue weighted by molar-refractivity contribution is 6.48. The molecular formula is C38H57N7O3. The first-order chi connectivity index (χ1) is 22.7. The maximum absolute atomic E-state index is 9.40. The van der Waals surface area contributed by atoms with Crippen LogP contribution in [-0.4, -0.2) is 70.7 Å². The molecule has 0 aliphatic carbocycles. The van der Waals surface area contributed by atoms with Crippen molar-refractivity contribution in [3.05, 3.63) is 64.7 Å². The highest BCUT2D eigenvalue weighted by Crippen LogP contribution is 2.39. The summed E-state index contributed by atoms with van der Waals surface area (Å²) in [7, 11) is 0. The second-order valence-corrected chi connectivity index (χ2v) is 14.1. The lowest BCUT2D eigenvalue weighted by atomic mass is 9.76. The maximum Gasteiger partial charge on any atom is 0.204 e. The molecule has 0 radical (unpaired) electrons. The zero-order valence-corrected chi connectivity index (χ0v) is 31.0. The van der Waals surface area contributed by atoms with Crippen LogP contribution in [0.3, 0.4) is 0 Å². The number of aromatic nitrogens is 3.